The third kappa shape index (κ3) is 2.17. The van der Waals surface area contributed by atoms with Crippen molar-refractivity contribution in [3.8, 4) is 0 Å². The van der Waals surface area contributed by atoms with E-state index in [1.807, 2.05) is 25.3 Å². The minimum absolute atomic E-state index is 0.0545. The Bertz CT molecular complexity index is 708. The second-order valence-corrected chi connectivity index (χ2v) is 5.06. The lowest BCUT2D eigenvalue weighted by molar-refractivity contribution is 0.467. The molecule has 3 aromatic rings. The van der Waals surface area contributed by atoms with Gasteiger partial charge in [-0.15, -0.1) is 0 Å². The minimum atomic E-state index is -0.0545. The fourth-order valence-electron chi connectivity index (χ4n) is 2.56. The molecule has 1 atom stereocenters. The van der Waals surface area contributed by atoms with Crippen molar-refractivity contribution >= 4 is 10.9 Å². The van der Waals surface area contributed by atoms with E-state index in [2.05, 4.69) is 30.1 Å². The van der Waals surface area contributed by atoms with E-state index in [9.17, 15) is 0 Å². The summed E-state index contributed by atoms with van der Waals surface area (Å²) in [6.45, 7) is 4.05. The van der Waals surface area contributed by atoms with Gasteiger partial charge in [0.25, 0.3) is 0 Å². The number of nitrogens with one attached hydrogen (secondary N) is 1. The topological polar surface area (TPSA) is 55.0 Å². The Morgan fingerprint density at radius 1 is 1.21 bits per heavy atom. The number of hydrogen-bond donors (Lipinski definition) is 2. The zero-order valence-corrected chi connectivity index (χ0v) is 11.2. The molecule has 0 aliphatic rings. The maximum Gasteiger partial charge on any atom is 0.106 e. The summed E-state index contributed by atoms with van der Waals surface area (Å²) in [4.78, 5) is 3.32. The Morgan fingerprint density at radius 2 is 2.05 bits per heavy atom. The fraction of sp³-hybridized carbons (Fsp3) is 0.250. The summed E-state index contributed by atoms with van der Waals surface area (Å²) < 4.78 is 5.60. The first kappa shape index (κ1) is 12.1. The highest BCUT2D eigenvalue weighted by molar-refractivity contribution is 5.86. The van der Waals surface area contributed by atoms with Crippen molar-refractivity contribution in [1.82, 2.24) is 4.98 Å². The second kappa shape index (κ2) is 4.59. The number of rotatable bonds is 3. The Balaban J connectivity index is 1.93. The molecule has 1 aromatic carbocycles. The lowest BCUT2D eigenvalue weighted by atomic mass is 10.0. The number of aromatic amines is 1. The highest BCUT2D eigenvalue weighted by Gasteiger charge is 2.14. The van der Waals surface area contributed by atoms with Crippen molar-refractivity contribution in [2.45, 2.75) is 26.3 Å². The first-order valence-electron chi connectivity index (χ1n) is 6.52. The molecule has 19 heavy (non-hydrogen) atoms. The monoisotopic (exact) mass is 254 g/mol. The van der Waals surface area contributed by atoms with Crippen molar-refractivity contribution in [2.75, 3.05) is 0 Å². The SMILES string of the molecule is Cc1ccc(CC(N)c2c[nH]c3c(C)cccc23)o1. The minimum Gasteiger partial charge on any atom is -0.466 e. The van der Waals surface area contributed by atoms with Crippen molar-refractivity contribution < 1.29 is 4.42 Å². The van der Waals surface area contributed by atoms with E-state index < -0.39 is 0 Å². The number of hydrogen-bond acceptors (Lipinski definition) is 2. The Kier molecular flexibility index (Phi) is 2.91. The third-order valence-corrected chi connectivity index (χ3v) is 3.57. The molecule has 98 valence electrons. The molecule has 0 spiro atoms. The highest BCUT2D eigenvalue weighted by Crippen LogP contribution is 2.27. The van der Waals surface area contributed by atoms with E-state index in [0.717, 1.165) is 17.1 Å². The van der Waals surface area contributed by atoms with Crippen LogP contribution < -0.4 is 5.73 Å². The maximum atomic E-state index is 6.32. The van der Waals surface area contributed by atoms with Crippen LogP contribution in [0.5, 0.6) is 0 Å². The van der Waals surface area contributed by atoms with E-state index in [1.165, 1.54) is 16.5 Å². The third-order valence-electron chi connectivity index (χ3n) is 3.57. The molecule has 0 aliphatic heterocycles. The molecule has 3 nitrogen and oxygen atoms in total. The zero-order chi connectivity index (χ0) is 13.4. The highest BCUT2D eigenvalue weighted by atomic mass is 16.3. The molecule has 3 rings (SSSR count). The normalized spacial score (nSPS) is 13.0. The van der Waals surface area contributed by atoms with Crippen LogP contribution >= 0.6 is 0 Å². The van der Waals surface area contributed by atoms with Crippen LogP contribution in [0.4, 0.5) is 0 Å². The summed E-state index contributed by atoms with van der Waals surface area (Å²) in [5.41, 5.74) is 9.87. The smallest absolute Gasteiger partial charge is 0.106 e. The average Bonchev–Trinajstić information content (AvgIpc) is 2.96. The number of nitrogens with two attached hydrogens (primary N) is 1. The quantitative estimate of drug-likeness (QED) is 0.750. The molecule has 0 saturated heterocycles. The zero-order valence-electron chi connectivity index (χ0n) is 11.2. The van der Waals surface area contributed by atoms with Crippen LogP contribution in [0.15, 0.2) is 40.9 Å². The summed E-state index contributed by atoms with van der Waals surface area (Å²) in [7, 11) is 0. The largest absolute Gasteiger partial charge is 0.466 e. The van der Waals surface area contributed by atoms with Gasteiger partial charge in [0.1, 0.15) is 11.5 Å². The number of benzene rings is 1. The predicted octanol–water partition coefficient (Wildman–Crippen LogP) is 3.62. The van der Waals surface area contributed by atoms with Gasteiger partial charge in [-0.25, -0.2) is 0 Å². The van der Waals surface area contributed by atoms with Gasteiger partial charge in [0.15, 0.2) is 0 Å². The van der Waals surface area contributed by atoms with E-state index in [0.29, 0.717) is 6.42 Å². The molecule has 0 fully saturated rings. The van der Waals surface area contributed by atoms with Gasteiger partial charge in [-0.3, -0.25) is 0 Å². The molecule has 0 saturated carbocycles. The molecule has 0 radical (unpaired) electrons. The first-order chi connectivity index (χ1) is 9.15. The van der Waals surface area contributed by atoms with Gasteiger partial charge in [-0.2, -0.15) is 0 Å². The van der Waals surface area contributed by atoms with Crippen LogP contribution in [0.1, 0.15) is 28.7 Å². The average molecular weight is 254 g/mol. The van der Waals surface area contributed by atoms with Crippen LogP contribution in [0, 0.1) is 13.8 Å². The Labute approximate surface area is 112 Å². The van der Waals surface area contributed by atoms with Gasteiger partial charge in [-0.05, 0) is 37.1 Å². The van der Waals surface area contributed by atoms with E-state index >= 15 is 0 Å². The first-order valence-corrected chi connectivity index (χ1v) is 6.52. The van der Waals surface area contributed by atoms with Gasteiger partial charge in [0.2, 0.25) is 0 Å². The number of H-pyrrole nitrogens is 1. The van der Waals surface area contributed by atoms with Crippen molar-refractivity contribution in [2.24, 2.45) is 5.73 Å². The van der Waals surface area contributed by atoms with E-state index in [1.54, 1.807) is 0 Å². The van der Waals surface area contributed by atoms with Crippen molar-refractivity contribution in [1.29, 1.82) is 0 Å². The Morgan fingerprint density at radius 3 is 2.79 bits per heavy atom. The molecule has 3 N–H and O–H groups in total. The molecular formula is C16H18N2O. The summed E-state index contributed by atoms with van der Waals surface area (Å²) in [6.07, 6.45) is 2.73. The van der Waals surface area contributed by atoms with E-state index in [4.69, 9.17) is 10.2 Å². The molecule has 2 heterocycles. The fourth-order valence-corrected chi connectivity index (χ4v) is 2.56. The van der Waals surface area contributed by atoms with Crippen LogP contribution in [0.2, 0.25) is 0 Å². The Hall–Kier alpha value is -2.00. The molecule has 0 bridgehead atoms. The van der Waals surface area contributed by atoms with Gasteiger partial charge < -0.3 is 15.1 Å². The predicted molar refractivity (Wildman–Crippen MR) is 77.1 cm³/mol. The molecule has 1 unspecified atom stereocenters. The number of furan rings is 1. The lowest BCUT2D eigenvalue weighted by Crippen LogP contribution is -2.12. The molecular weight excluding hydrogens is 236 g/mol. The standard InChI is InChI=1S/C16H18N2O/c1-10-4-3-5-13-14(9-18-16(10)13)15(17)8-12-7-6-11(2)19-12/h3-7,9,15,18H,8,17H2,1-2H3. The van der Waals surface area contributed by atoms with Gasteiger partial charge in [-0.1, -0.05) is 18.2 Å². The summed E-state index contributed by atoms with van der Waals surface area (Å²) in [5, 5.41) is 1.20. The van der Waals surface area contributed by atoms with Gasteiger partial charge in [0, 0.05) is 29.6 Å². The second-order valence-electron chi connectivity index (χ2n) is 5.06. The summed E-state index contributed by atoms with van der Waals surface area (Å²) in [5.74, 6) is 1.86. The van der Waals surface area contributed by atoms with Crippen molar-refractivity contribution in [3.05, 3.63) is 59.2 Å². The lowest BCUT2D eigenvalue weighted by Gasteiger charge is -2.09. The van der Waals surface area contributed by atoms with Crippen molar-refractivity contribution in [3.63, 3.8) is 0 Å². The van der Waals surface area contributed by atoms with Crippen LogP contribution in [-0.2, 0) is 6.42 Å². The molecule has 2 aromatic heterocycles. The van der Waals surface area contributed by atoms with Crippen LogP contribution in [-0.4, -0.2) is 4.98 Å². The number of aromatic nitrogens is 1. The van der Waals surface area contributed by atoms with Crippen LogP contribution in [0.3, 0.4) is 0 Å². The van der Waals surface area contributed by atoms with E-state index in [-0.39, 0.29) is 6.04 Å². The number of para-hydroxylation sites is 1. The summed E-state index contributed by atoms with van der Waals surface area (Å²) in [6, 6.07) is 10.2. The number of aryl methyl sites for hydroxylation is 2. The maximum absolute atomic E-state index is 6.32. The molecule has 0 aliphatic carbocycles. The summed E-state index contributed by atoms with van der Waals surface area (Å²) >= 11 is 0. The number of fused-ring (bicyclic) bond motifs is 1. The van der Waals surface area contributed by atoms with Gasteiger partial charge >= 0.3 is 0 Å². The molecule has 3 heteroatoms. The van der Waals surface area contributed by atoms with Crippen LogP contribution in [0.25, 0.3) is 10.9 Å². The van der Waals surface area contributed by atoms with Gasteiger partial charge in [0.05, 0.1) is 0 Å². The molecule has 0 amide bonds.